The van der Waals surface area contributed by atoms with Crippen LogP contribution >= 0.6 is 0 Å². The second kappa shape index (κ2) is 6.89. The SMILES string of the molecule is COC(=O)c1cccc(S(=O)(=O)N(C)C2CCS(=O)CC2)c1. The van der Waals surface area contributed by atoms with Gasteiger partial charge in [-0.15, -0.1) is 0 Å². The molecule has 0 spiro atoms. The second-order valence-corrected chi connectivity index (χ2v) is 8.81. The first-order chi connectivity index (χ1) is 10.4. The normalized spacial score (nSPS) is 22.5. The Kier molecular flexibility index (Phi) is 5.36. The minimum Gasteiger partial charge on any atom is -0.465 e. The zero-order valence-electron chi connectivity index (χ0n) is 12.5. The molecule has 1 heterocycles. The van der Waals surface area contributed by atoms with E-state index in [-0.39, 0.29) is 16.5 Å². The van der Waals surface area contributed by atoms with Gasteiger partial charge in [-0.1, -0.05) is 6.07 Å². The van der Waals surface area contributed by atoms with Crippen LogP contribution in [0.25, 0.3) is 0 Å². The lowest BCUT2D eigenvalue weighted by molar-refractivity contribution is 0.0600. The van der Waals surface area contributed by atoms with Crippen LogP contribution in [0.3, 0.4) is 0 Å². The van der Waals surface area contributed by atoms with Crippen molar-refractivity contribution in [2.45, 2.75) is 23.8 Å². The summed E-state index contributed by atoms with van der Waals surface area (Å²) < 4.78 is 42.7. The van der Waals surface area contributed by atoms with E-state index in [4.69, 9.17) is 0 Å². The third-order valence-corrected chi connectivity index (χ3v) is 7.09. The Bertz CT molecular complexity index is 676. The Labute approximate surface area is 133 Å². The molecule has 1 fully saturated rings. The summed E-state index contributed by atoms with van der Waals surface area (Å²) in [6.45, 7) is 0. The number of esters is 1. The highest BCUT2D eigenvalue weighted by Crippen LogP contribution is 2.23. The van der Waals surface area contributed by atoms with E-state index < -0.39 is 26.8 Å². The third kappa shape index (κ3) is 3.56. The van der Waals surface area contributed by atoms with Gasteiger partial charge >= 0.3 is 5.97 Å². The second-order valence-electron chi connectivity index (χ2n) is 5.12. The molecule has 8 heteroatoms. The first-order valence-electron chi connectivity index (χ1n) is 6.87. The number of sulfonamides is 1. The predicted molar refractivity (Wildman–Crippen MR) is 83.6 cm³/mol. The molecule has 0 amide bonds. The molecule has 1 aliphatic rings. The Morgan fingerprint density at radius 2 is 1.95 bits per heavy atom. The lowest BCUT2D eigenvalue weighted by Crippen LogP contribution is -2.41. The van der Waals surface area contributed by atoms with Crippen molar-refractivity contribution in [3.63, 3.8) is 0 Å². The van der Waals surface area contributed by atoms with E-state index in [0.29, 0.717) is 24.3 Å². The van der Waals surface area contributed by atoms with E-state index in [1.807, 2.05) is 0 Å². The molecule has 0 aromatic heterocycles. The third-order valence-electron chi connectivity index (χ3n) is 3.80. The van der Waals surface area contributed by atoms with Gasteiger partial charge in [0, 0.05) is 35.4 Å². The van der Waals surface area contributed by atoms with Crippen LogP contribution < -0.4 is 0 Å². The van der Waals surface area contributed by atoms with Crippen LogP contribution in [0.1, 0.15) is 23.2 Å². The lowest BCUT2D eigenvalue weighted by atomic mass is 10.2. The van der Waals surface area contributed by atoms with Gasteiger partial charge in [-0.2, -0.15) is 4.31 Å². The maximum atomic E-state index is 12.7. The number of ether oxygens (including phenoxy) is 1. The molecule has 1 saturated heterocycles. The first-order valence-corrected chi connectivity index (χ1v) is 9.80. The number of hydrogen-bond acceptors (Lipinski definition) is 5. The van der Waals surface area contributed by atoms with Crippen molar-refractivity contribution in [3.05, 3.63) is 29.8 Å². The van der Waals surface area contributed by atoms with E-state index in [1.165, 1.54) is 42.7 Å². The van der Waals surface area contributed by atoms with Crippen LogP contribution in [-0.2, 0) is 25.6 Å². The summed E-state index contributed by atoms with van der Waals surface area (Å²) in [4.78, 5) is 11.6. The van der Waals surface area contributed by atoms with E-state index in [2.05, 4.69) is 4.74 Å². The van der Waals surface area contributed by atoms with E-state index in [1.54, 1.807) is 0 Å². The molecule has 0 radical (unpaired) electrons. The van der Waals surface area contributed by atoms with Gasteiger partial charge in [-0.25, -0.2) is 13.2 Å². The van der Waals surface area contributed by atoms with Crippen LogP contribution in [-0.4, -0.2) is 54.6 Å². The van der Waals surface area contributed by atoms with Gasteiger partial charge < -0.3 is 4.74 Å². The molecule has 0 atom stereocenters. The lowest BCUT2D eigenvalue weighted by Gasteiger charge is -2.30. The molecular formula is C14H19NO5S2. The molecule has 2 rings (SSSR count). The number of carbonyl (C=O) groups excluding carboxylic acids is 1. The number of rotatable bonds is 4. The maximum absolute atomic E-state index is 12.7. The van der Waals surface area contributed by atoms with Crippen LogP contribution in [0.15, 0.2) is 29.2 Å². The van der Waals surface area contributed by atoms with Gasteiger partial charge in [0.1, 0.15) is 0 Å². The Hall–Kier alpha value is -1.25. The van der Waals surface area contributed by atoms with Crippen molar-refractivity contribution in [2.75, 3.05) is 25.7 Å². The molecule has 122 valence electrons. The molecular weight excluding hydrogens is 326 g/mol. The minimum atomic E-state index is -3.69. The smallest absolute Gasteiger partial charge is 0.337 e. The summed E-state index contributed by atoms with van der Waals surface area (Å²) in [5, 5.41) is 0. The molecule has 1 aliphatic heterocycles. The summed E-state index contributed by atoms with van der Waals surface area (Å²) in [7, 11) is -1.76. The van der Waals surface area contributed by atoms with Gasteiger partial charge in [-0.05, 0) is 31.0 Å². The van der Waals surface area contributed by atoms with Crippen LogP contribution in [0.5, 0.6) is 0 Å². The van der Waals surface area contributed by atoms with Gasteiger partial charge in [0.05, 0.1) is 17.6 Å². The van der Waals surface area contributed by atoms with Crippen molar-refractivity contribution in [1.29, 1.82) is 0 Å². The largest absolute Gasteiger partial charge is 0.465 e. The number of hydrogen-bond donors (Lipinski definition) is 0. The van der Waals surface area contributed by atoms with Crippen molar-refractivity contribution in [3.8, 4) is 0 Å². The average Bonchev–Trinajstić information content (AvgIpc) is 2.54. The molecule has 1 aromatic carbocycles. The number of carbonyl (C=O) groups is 1. The molecule has 0 unspecified atom stereocenters. The van der Waals surface area contributed by atoms with Crippen LogP contribution in [0.4, 0.5) is 0 Å². The predicted octanol–water partition coefficient (Wildman–Crippen LogP) is 1.00. The summed E-state index contributed by atoms with van der Waals surface area (Å²) in [6.07, 6.45) is 1.16. The van der Waals surface area contributed by atoms with Crippen LogP contribution in [0, 0.1) is 0 Å². The molecule has 0 N–H and O–H groups in total. The highest BCUT2D eigenvalue weighted by Gasteiger charge is 2.30. The van der Waals surface area contributed by atoms with Crippen molar-refractivity contribution in [2.24, 2.45) is 0 Å². The van der Waals surface area contributed by atoms with Crippen molar-refractivity contribution < 1.29 is 22.2 Å². The molecule has 0 bridgehead atoms. The quantitative estimate of drug-likeness (QED) is 0.761. The zero-order valence-corrected chi connectivity index (χ0v) is 14.2. The van der Waals surface area contributed by atoms with Crippen LogP contribution in [0.2, 0.25) is 0 Å². The standard InChI is InChI=1S/C14H19NO5S2/c1-15(12-6-8-21(17)9-7-12)22(18,19)13-5-3-4-11(10-13)14(16)20-2/h3-5,10,12H,6-9H2,1-2H3. The summed E-state index contributed by atoms with van der Waals surface area (Å²) >= 11 is 0. The van der Waals surface area contributed by atoms with Gasteiger partial charge in [0.2, 0.25) is 10.0 Å². The van der Waals surface area contributed by atoms with E-state index in [9.17, 15) is 17.4 Å². The van der Waals surface area contributed by atoms with Gasteiger partial charge in [-0.3, -0.25) is 4.21 Å². The zero-order chi connectivity index (χ0) is 16.3. The molecule has 6 nitrogen and oxygen atoms in total. The Morgan fingerprint density at radius 3 is 2.55 bits per heavy atom. The minimum absolute atomic E-state index is 0.0598. The fourth-order valence-corrected chi connectivity index (χ4v) is 5.15. The van der Waals surface area contributed by atoms with E-state index in [0.717, 1.165) is 0 Å². The Morgan fingerprint density at radius 1 is 1.32 bits per heavy atom. The number of benzene rings is 1. The summed E-state index contributed by atoms with van der Waals surface area (Å²) in [6, 6.07) is 5.64. The highest BCUT2D eigenvalue weighted by atomic mass is 32.2. The fourth-order valence-electron chi connectivity index (χ4n) is 2.41. The highest BCUT2D eigenvalue weighted by molar-refractivity contribution is 7.89. The summed E-state index contributed by atoms with van der Waals surface area (Å²) in [5.74, 6) is 0.465. The Balaban J connectivity index is 2.26. The van der Waals surface area contributed by atoms with Crippen molar-refractivity contribution >= 4 is 26.8 Å². The fraction of sp³-hybridized carbons (Fsp3) is 0.500. The molecule has 1 aromatic rings. The summed E-state index contributed by atoms with van der Waals surface area (Å²) in [5.41, 5.74) is 0.196. The van der Waals surface area contributed by atoms with E-state index >= 15 is 0 Å². The topological polar surface area (TPSA) is 80.8 Å². The van der Waals surface area contributed by atoms with Crippen molar-refractivity contribution in [1.82, 2.24) is 4.31 Å². The van der Waals surface area contributed by atoms with Gasteiger partial charge in [0.25, 0.3) is 0 Å². The average molecular weight is 345 g/mol. The van der Waals surface area contributed by atoms with Gasteiger partial charge in [0.15, 0.2) is 0 Å². The number of methoxy groups -OCH3 is 1. The molecule has 0 saturated carbocycles. The maximum Gasteiger partial charge on any atom is 0.337 e. The molecule has 22 heavy (non-hydrogen) atoms. The number of nitrogens with zero attached hydrogens (tertiary/aromatic N) is 1. The monoisotopic (exact) mass is 345 g/mol. The first kappa shape index (κ1) is 17.1. The molecule has 0 aliphatic carbocycles.